The highest BCUT2D eigenvalue weighted by molar-refractivity contribution is 9.10. The molecule has 3 heterocycles. The van der Waals surface area contributed by atoms with Gasteiger partial charge in [0.15, 0.2) is 0 Å². The van der Waals surface area contributed by atoms with Crippen LogP contribution in [0.5, 0.6) is 5.75 Å². The van der Waals surface area contributed by atoms with E-state index in [1.165, 1.54) is 5.57 Å². The van der Waals surface area contributed by atoms with Crippen LogP contribution in [0.25, 0.3) is 16.5 Å². The van der Waals surface area contributed by atoms with Crippen molar-refractivity contribution in [2.45, 2.75) is 25.9 Å². The summed E-state index contributed by atoms with van der Waals surface area (Å²) >= 11 is 3.54. The standard InChI is InChI=1S/C24H22BrN3O3/c1-14-3-6-21-20(11-14)27-22(29)24(2,31-21)23(30)28-9-7-15(8-10-28)18-13-26-19-5-4-16(25)12-17(18)19/h3-7,11-13,26H,8-10H2,1-2H3,(H,27,29). The summed E-state index contributed by atoms with van der Waals surface area (Å²) in [6.45, 7) is 4.44. The molecule has 2 aromatic carbocycles. The summed E-state index contributed by atoms with van der Waals surface area (Å²) in [6.07, 6.45) is 4.78. The zero-order valence-electron chi connectivity index (χ0n) is 17.3. The minimum Gasteiger partial charge on any atom is -0.466 e. The third-order valence-electron chi connectivity index (χ3n) is 6.02. The first-order valence-corrected chi connectivity index (χ1v) is 11.0. The van der Waals surface area contributed by atoms with Gasteiger partial charge in [0.1, 0.15) is 5.75 Å². The van der Waals surface area contributed by atoms with Gasteiger partial charge in [-0.2, -0.15) is 0 Å². The van der Waals surface area contributed by atoms with E-state index in [0.29, 0.717) is 30.9 Å². The SMILES string of the molecule is Cc1ccc2c(c1)NC(=O)C(C)(C(=O)N1CC=C(c3c[nH]c4ccc(Br)cc34)CC1)O2. The molecule has 1 atom stereocenters. The number of ether oxygens (including phenoxy) is 1. The monoisotopic (exact) mass is 479 g/mol. The summed E-state index contributed by atoms with van der Waals surface area (Å²) in [4.78, 5) is 31.1. The molecule has 2 aliphatic heterocycles. The van der Waals surface area contributed by atoms with Gasteiger partial charge in [-0.05, 0) is 61.7 Å². The molecule has 0 bridgehead atoms. The van der Waals surface area contributed by atoms with Crippen molar-refractivity contribution in [1.82, 2.24) is 9.88 Å². The van der Waals surface area contributed by atoms with Crippen molar-refractivity contribution in [1.29, 1.82) is 0 Å². The molecule has 31 heavy (non-hydrogen) atoms. The van der Waals surface area contributed by atoms with E-state index in [-0.39, 0.29) is 5.91 Å². The summed E-state index contributed by atoms with van der Waals surface area (Å²) in [7, 11) is 0. The number of fused-ring (bicyclic) bond motifs is 2. The maximum Gasteiger partial charge on any atom is 0.278 e. The fourth-order valence-corrected chi connectivity index (χ4v) is 4.60. The van der Waals surface area contributed by atoms with E-state index in [2.05, 4.69) is 38.4 Å². The molecule has 0 fully saturated rings. The molecule has 0 radical (unpaired) electrons. The molecule has 5 rings (SSSR count). The van der Waals surface area contributed by atoms with Crippen molar-refractivity contribution in [2.75, 3.05) is 18.4 Å². The zero-order valence-corrected chi connectivity index (χ0v) is 18.9. The summed E-state index contributed by atoms with van der Waals surface area (Å²) in [5, 5.41) is 3.98. The van der Waals surface area contributed by atoms with Crippen molar-refractivity contribution in [3.05, 3.63) is 64.3 Å². The van der Waals surface area contributed by atoms with E-state index in [1.54, 1.807) is 17.9 Å². The molecule has 0 spiro atoms. The van der Waals surface area contributed by atoms with E-state index in [9.17, 15) is 9.59 Å². The van der Waals surface area contributed by atoms with Crippen LogP contribution in [-0.4, -0.2) is 40.4 Å². The lowest BCUT2D eigenvalue weighted by Crippen LogP contribution is -2.60. The van der Waals surface area contributed by atoms with Crippen LogP contribution in [0.2, 0.25) is 0 Å². The van der Waals surface area contributed by atoms with E-state index < -0.39 is 11.5 Å². The smallest absolute Gasteiger partial charge is 0.278 e. The Morgan fingerprint density at radius 2 is 2.06 bits per heavy atom. The number of aromatic amines is 1. The number of amides is 2. The van der Waals surface area contributed by atoms with Crippen LogP contribution in [-0.2, 0) is 9.59 Å². The topological polar surface area (TPSA) is 74.4 Å². The highest BCUT2D eigenvalue weighted by Gasteiger charge is 2.49. The molecule has 0 saturated heterocycles. The predicted molar refractivity (Wildman–Crippen MR) is 124 cm³/mol. The number of nitrogens with one attached hydrogen (secondary N) is 2. The van der Waals surface area contributed by atoms with E-state index in [1.807, 2.05) is 37.4 Å². The van der Waals surface area contributed by atoms with E-state index in [0.717, 1.165) is 26.5 Å². The van der Waals surface area contributed by atoms with E-state index in [4.69, 9.17) is 4.74 Å². The van der Waals surface area contributed by atoms with Gasteiger partial charge >= 0.3 is 0 Å². The Labute approximate surface area is 188 Å². The molecule has 2 amide bonds. The summed E-state index contributed by atoms with van der Waals surface area (Å²) in [6, 6.07) is 11.7. The second kappa shape index (κ2) is 7.27. The summed E-state index contributed by atoms with van der Waals surface area (Å²) in [5.41, 5.74) is 3.43. The van der Waals surface area contributed by atoms with Crippen molar-refractivity contribution in [2.24, 2.45) is 0 Å². The average molecular weight is 480 g/mol. The largest absolute Gasteiger partial charge is 0.466 e. The number of nitrogens with zero attached hydrogens (tertiary/aromatic N) is 1. The van der Waals surface area contributed by atoms with Gasteiger partial charge in [0.25, 0.3) is 17.4 Å². The Hall–Kier alpha value is -3.06. The number of halogens is 1. The molecule has 0 aliphatic carbocycles. The molecule has 2 N–H and O–H groups in total. The lowest BCUT2D eigenvalue weighted by atomic mass is 9.96. The highest BCUT2D eigenvalue weighted by Crippen LogP contribution is 2.36. The Morgan fingerprint density at radius 3 is 2.84 bits per heavy atom. The molecule has 1 unspecified atom stereocenters. The predicted octanol–water partition coefficient (Wildman–Crippen LogP) is 4.64. The van der Waals surface area contributed by atoms with Gasteiger partial charge in [0.2, 0.25) is 0 Å². The molecule has 0 saturated carbocycles. The maximum absolute atomic E-state index is 13.3. The number of aryl methyl sites for hydroxylation is 1. The van der Waals surface area contributed by atoms with Crippen molar-refractivity contribution in [3.63, 3.8) is 0 Å². The van der Waals surface area contributed by atoms with Crippen LogP contribution >= 0.6 is 15.9 Å². The van der Waals surface area contributed by atoms with Gasteiger partial charge in [0.05, 0.1) is 5.69 Å². The Bertz CT molecular complexity index is 1260. The first-order chi connectivity index (χ1) is 14.8. The number of rotatable bonds is 2. The third-order valence-corrected chi connectivity index (χ3v) is 6.52. The summed E-state index contributed by atoms with van der Waals surface area (Å²) in [5.74, 6) is -0.251. The van der Waals surface area contributed by atoms with Gasteiger partial charge in [-0.1, -0.05) is 28.1 Å². The van der Waals surface area contributed by atoms with Crippen LogP contribution in [0.4, 0.5) is 5.69 Å². The third kappa shape index (κ3) is 3.33. The maximum atomic E-state index is 13.3. The van der Waals surface area contributed by atoms with E-state index >= 15 is 0 Å². The van der Waals surface area contributed by atoms with Crippen LogP contribution in [0.15, 0.2) is 53.1 Å². The van der Waals surface area contributed by atoms with Crippen LogP contribution in [0.3, 0.4) is 0 Å². The Kier molecular flexibility index (Phi) is 4.66. The number of hydrogen-bond acceptors (Lipinski definition) is 3. The van der Waals surface area contributed by atoms with Gasteiger partial charge in [-0.25, -0.2) is 0 Å². The van der Waals surface area contributed by atoms with Gasteiger partial charge in [0, 0.05) is 40.2 Å². The lowest BCUT2D eigenvalue weighted by Gasteiger charge is -2.38. The number of anilines is 1. The normalized spacial score (nSPS) is 20.7. The van der Waals surface area contributed by atoms with Crippen LogP contribution in [0.1, 0.15) is 24.5 Å². The minimum atomic E-state index is -1.58. The molecule has 158 valence electrons. The molecule has 6 nitrogen and oxygen atoms in total. The number of H-pyrrole nitrogens is 1. The molecular weight excluding hydrogens is 458 g/mol. The fraction of sp³-hybridized carbons (Fsp3) is 0.250. The number of aromatic nitrogens is 1. The minimum absolute atomic E-state index is 0.326. The van der Waals surface area contributed by atoms with Crippen molar-refractivity contribution >= 4 is 49.9 Å². The molecule has 3 aromatic rings. The zero-order chi connectivity index (χ0) is 21.8. The van der Waals surface area contributed by atoms with Crippen LogP contribution in [0, 0.1) is 6.92 Å². The molecule has 7 heteroatoms. The molecule has 2 aliphatic rings. The lowest BCUT2D eigenvalue weighted by molar-refractivity contribution is -0.154. The second-order valence-electron chi connectivity index (χ2n) is 8.21. The van der Waals surface area contributed by atoms with Gasteiger partial charge in [-0.3, -0.25) is 9.59 Å². The molecular formula is C24H22BrN3O3. The first-order valence-electron chi connectivity index (χ1n) is 10.2. The second-order valence-corrected chi connectivity index (χ2v) is 9.13. The number of carbonyl (C=O) groups excluding carboxylic acids is 2. The number of hydrogen-bond donors (Lipinski definition) is 2. The molecule has 1 aromatic heterocycles. The number of carbonyl (C=O) groups is 2. The quantitative estimate of drug-likeness (QED) is 0.525. The summed E-state index contributed by atoms with van der Waals surface area (Å²) < 4.78 is 6.96. The first kappa shape index (κ1) is 19.9. The number of benzene rings is 2. The average Bonchev–Trinajstić information content (AvgIpc) is 3.17. The Balaban J connectivity index is 1.38. The van der Waals surface area contributed by atoms with Crippen molar-refractivity contribution in [3.8, 4) is 5.75 Å². The van der Waals surface area contributed by atoms with Crippen LogP contribution < -0.4 is 10.1 Å². The van der Waals surface area contributed by atoms with Gasteiger partial charge in [-0.15, -0.1) is 0 Å². The van der Waals surface area contributed by atoms with Gasteiger partial charge < -0.3 is 19.9 Å². The highest BCUT2D eigenvalue weighted by atomic mass is 79.9. The Morgan fingerprint density at radius 1 is 1.23 bits per heavy atom. The fourth-order valence-electron chi connectivity index (χ4n) is 4.24. The van der Waals surface area contributed by atoms with Crippen molar-refractivity contribution < 1.29 is 14.3 Å².